The van der Waals surface area contributed by atoms with Crippen LogP contribution in [0.25, 0.3) is 0 Å². The first-order chi connectivity index (χ1) is 8.02. The number of carbonyl (C=O) groups excluding carboxylic acids is 3. The van der Waals surface area contributed by atoms with E-state index in [1.807, 2.05) is 0 Å². The Morgan fingerprint density at radius 2 is 1.76 bits per heavy atom. The fourth-order valence-electron chi connectivity index (χ4n) is 1.61. The molecule has 0 aliphatic carbocycles. The average Bonchev–Trinajstić information content (AvgIpc) is 2.74. The van der Waals surface area contributed by atoms with E-state index in [0.29, 0.717) is 0 Å². The van der Waals surface area contributed by atoms with Gasteiger partial charge >= 0.3 is 0 Å². The highest BCUT2D eigenvalue weighted by Crippen LogP contribution is 2.13. The smallest absolute Gasteiger partial charge is 0.216 e. The van der Waals surface area contributed by atoms with Gasteiger partial charge in [0.25, 0.3) is 0 Å². The number of ketones is 3. The Balaban J connectivity index is 3.08. The molecule has 0 spiro atoms. The van der Waals surface area contributed by atoms with Gasteiger partial charge in [0.1, 0.15) is 5.92 Å². The van der Waals surface area contributed by atoms with Crippen LogP contribution in [0.4, 0.5) is 0 Å². The van der Waals surface area contributed by atoms with Crippen molar-refractivity contribution in [1.29, 1.82) is 0 Å². The van der Waals surface area contributed by atoms with Crippen molar-refractivity contribution in [3.05, 3.63) is 18.2 Å². The van der Waals surface area contributed by atoms with Crippen LogP contribution in [0.3, 0.4) is 0 Å². The summed E-state index contributed by atoms with van der Waals surface area (Å²) in [4.78, 5) is 39.3. The number of nitrogens with zero attached hydrogens (tertiary/aromatic N) is 2. The standard InChI is InChI=1S/C12H16N2O3/c1-4-8(15)10(9(16)5-2)11(17)12-13-6-7-14(12)3/h6-7,10H,4-5H2,1-3H3. The van der Waals surface area contributed by atoms with Crippen LogP contribution in [0.5, 0.6) is 0 Å². The van der Waals surface area contributed by atoms with Crippen LogP contribution in [-0.2, 0) is 16.6 Å². The Bertz CT molecular complexity index is 432. The van der Waals surface area contributed by atoms with Crippen molar-refractivity contribution in [2.75, 3.05) is 0 Å². The van der Waals surface area contributed by atoms with Crippen LogP contribution in [0.1, 0.15) is 37.3 Å². The van der Waals surface area contributed by atoms with Gasteiger partial charge in [0.15, 0.2) is 17.4 Å². The number of hydrogen-bond acceptors (Lipinski definition) is 4. The fraction of sp³-hybridized carbons (Fsp3) is 0.500. The van der Waals surface area contributed by atoms with Crippen molar-refractivity contribution in [2.45, 2.75) is 26.7 Å². The lowest BCUT2D eigenvalue weighted by atomic mass is 9.91. The molecule has 0 bridgehead atoms. The zero-order chi connectivity index (χ0) is 13.0. The van der Waals surface area contributed by atoms with E-state index in [0.717, 1.165) is 0 Å². The second kappa shape index (κ2) is 5.52. The number of aromatic nitrogens is 2. The number of hydrogen-bond donors (Lipinski definition) is 0. The lowest BCUT2D eigenvalue weighted by Gasteiger charge is -2.11. The van der Waals surface area contributed by atoms with Crippen LogP contribution >= 0.6 is 0 Å². The molecule has 0 aliphatic heterocycles. The van der Waals surface area contributed by atoms with Gasteiger partial charge < -0.3 is 4.57 Å². The molecule has 92 valence electrons. The molecule has 0 atom stereocenters. The maximum Gasteiger partial charge on any atom is 0.216 e. The van der Waals surface area contributed by atoms with Gasteiger partial charge in [-0.25, -0.2) is 4.98 Å². The summed E-state index contributed by atoms with van der Waals surface area (Å²) in [7, 11) is 1.66. The van der Waals surface area contributed by atoms with Gasteiger partial charge in [0.05, 0.1) is 0 Å². The van der Waals surface area contributed by atoms with Gasteiger partial charge in [-0.1, -0.05) is 13.8 Å². The van der Waals surface area contributed by atoms with Crippen molar-refractivity contribution in [2.24, 2.45) is 13.0 Å². The Hall–Kier alpha value is -1.78. The van der Waals surface area contributed by atoms with Gasteiger partial charge in [-0.2, -0.15) is 0 Å². The van der Waals surface area contributed by atoms with Gasteiger partial charge in [-0.05, 0) is 0 Å². The Morgan fingerprint density at radius 1 is 1.24 bits per heavy atom. The summed E-state index contributed by atoms with van der Waals surface area (Å²) in [6, 6.07) is 0. The minimum atomic E-state index is -1.19. The molecular formula is C12H16N2O3. The normalized spacial score (nSPS) is 10.6. The number of aryl methyl sites for hydroxylation is 1. The Labute approximate surface area is 99.8 Å². The third kappa shape index (κ3) is 2.67. The topological polar surface area (TPSA) is 69.0 Å². The molecule has 1 aromatic heterocycles. The van der Waals surface area contributed by atoms with Crippen molar-refractivity contribution in [3.8, 4) is 0 Å². The molecule has 0 amide bonds. The van der Waals surface area contributed by atoms with Gasteiger partial charge in [-0.15, -0.1) is 0 Å². The van der Waals surface area contributed by atoms with E-state index in [-0.39, 0.29) is 30.2 Å². The van der Waals surface area contributed by atoms with Crippen molar-refractivity contribution in [3.63, 3.8) is 0 Å². The monoisotopic (exact) mass is 236 g/mol. The number of Topliss-reactive ketones (excluding diaryl/α,β-unsaturated/α-hetero) is 3. The van der Waals surface area contributed by atoms with E-state index < -0.39 is 11.7 Å². The predicted octanol–water partition coefficient (Wildman–Crippen LogP) is 1.18. The summed E-state index contributed by atoms with van der Waals surface area (Å²) in [5.41, 5.74) is 0. The van der Waals surface area contributed by atoms with Gasteiger partial charge in [-0.3, -0.25) is 14.4 Å². The van der Waals surface area contributed by atoms with E-state index >= 15 is 0 Å². The van der Waals surface area contributed by atoms with Crippen LogP contribution in [-0.4, -0.2) is 26.9 Å². The summed E-state index contributed by atoms with van der Waals surface area (Å²) < 4.78 is 1.52. The van der Waals surface area contributed by atoms with Gasteiger partial charge in [0, 0.05) is 32.3 Å². The molecule has 0 radical (unpaired) electrons. The van der Waals surface area contributed by atoms with Crippen molar-refractivity contribution >= 4 is 17.3 Å². The highest BCUT2D eigenvalue weighted by atomic mass is 16.2. The summed E-state index contributed by atoms with van der Waals surface area (Å²) >= 11 is 0. The van der Waals surface area contributed by atoms with E-state index in [9.17, 15) is 14.4 Å². The highest BCUT2D eigenvalue weighted by molar-refractivity contribution is 6.23. The zero-order valence-corrected chi connectivity index (χ0v) is 10.3. The highest BCUT2D eigenvalue weighted by Gasteiger charge is 2.33. The fourth-order valence-corrected chi connectivity index (χ4v) is 1.61. The Morgan fingerprint density at radius 3 is 2.12 bits per heavy atom. The van der Waals surface area contributed by atoms with Crippen LogP contribution in [0, 0.1) is 5.92 Å². The molecule has 0 N–H and O–H groups in total. The second-order valence-electron chi connectivity index (χ2n) is 3.80. The van der Waals surface area contributed by atoms with Crippen LogP contribution in [0.15, 0.2) is 12.4 Å². The minimum absolute atomic E-state index is 0.151. The molecule has 0 unspecified atom stereocenters. The third-order valence-electron chi connectivity index (χ3n) is 2.64. The second-order valence-corrected chi connectivity index (χ2v) is 3.80. The average molecular weight is 236 g/mol. The third-order valence-corrected chi connectivity index (χ3v) is 2.64. The first-order valence-corrected chi connectivity index (χ1v) is 5.59. The molecule has 1 heterocycles. The molecule has 1 aromatic rings. The molecule has 1 rings (SSSR count). The number of rotatable bonds is 6. The number of carbonyl (C=O) groups is 3. The molecule has 17 heavy (non-hydrogen) atoms. The summed E-state index contributed by atoms with van der Waals surface area (Å²) in [5, 5.41) is 0. The molecule has 0 saturated carbocycles. The first-order valence-electron chi connectivity index (χ1n) is 5.59. The maximum absolute atomic E-state index is 12.1. The van der Waals surface area contributed by atoms with E-state index in [4.69, 9.17) is 0 Å². The van der Waals surface area contributed by atoms with Gasteiger partial charge in [0.2, 0.25) is 5.78 Å². The van der Waals surface area contributed by atoms with E-state index in [1.54, 1.807) is 27.1 Å². The zero-order valence-electron chi connectivity index (χ0n) is 10.3. The van der Waals surface area contributed by atoms with Crippen molar-refractivity contribution < 1.29 is 14.4 Å². The lowest BCUT2D eigenvalue weighted by molar-refractivity contribution is -0.130. The molecule has 5 nitrogen and oxygen atoms in total. The van der Waals surface area contributed by atoms with E-state index in [1.165, 1.54) is 10.8 Å². The van der Waals surface area contributed by atoms with Crippen LogP contribution in [0.2, 0.25) is 0 Å². The van der Waals surface area contributed by atoms with E-state index in [2.05, 4.69) is 4.98 Å². The molecular weight excluding hydrogens is 220 g/mol. The van der Waals surface area contributed by atoms with Crippen LogP contribution < -0.4 is 0 Å². The van der Waals surface area contributed by atoms with Crippen molar-refractivity contribution in [1.82, 2.24) is 9.55 Å². The quantitative estimate of drug-likeness (QED) is 0.549. The maximum atomic E-state index is 12.1. The largest absolute Gasteiger partial charge is 0.332 e. The SMILES string of the molecule is CCC(=O)C(C(=O)CC)C(=O)c1nccn1C. The Kier molecular flexibility index (Phi) is 4.31. The lowest BCUT2D eigenvalue weighted by Crippen LogP contribution is -2.32. The molecule has 0 aliphatic rings. The molecule has 0 saturated heterocycles. The minimum Gasteiger partial charge on any atom is -0.332 e. The summed E-state index contributed by atoms with van der Waals surface area (Å²) in [6.45, 7) is 3.29. The molecule has 5 heteroatoms. The summed E-state index contributed by atoms with van der Waals surface area (Å²) in [6.07, 6.45) is 3.42. The predicted molar refractivity (Wildman–Crippen MR) is 61.6 cm³/mol. The first kappa shape index (κ1) is 13.3. The molecule has 0 aromatic carbocycles. The number of imidazole rings is 1. The molecule has 0 fully saturated rings. The summed E-state index contributed by atoms with van der Waals surface area (Å²) in [5.74, 6) is -2.23.